The van der Waals surface area contributed by atoms with E-state index >= 15 is 0 Å². The predicted octanol–water partition coefficient (Wildman–Crippen LogP) is 3.31. The SMILES string of the molecule is COc1ccc2ncnc(-c3ccccc3)c2c1. The molecule has 0 aliphatic carbocycles. The summed E-state index contributed by atoms with van der Waals surface area (Å²) in [5.74, 6) is 0.814. The summed E-state index contributed by atoms with van der Waals surface area (Å²) in [6.07, 6.45) is 1.59. The molecular formula is C15H12N2O. The molecule has 3 nitrogen and oxygen atoms in total. The van der Waals surface area contributed by atoms with Gasteiger partial charge in [-0.1, -0.05) is 30.3 Å². The fraction of sp³-hybridized carbons (Fsp3) is 0.0667. The van der Waals surface area contributed by atoms with E-state index in [1.54, 1.807) is 13.4 Å². The van der Waals surface area contributed by atoms with E-state index in [0.29, 0.717) is 0 Å². The molecule has 0 atom stereocenters. The van der Waals surface area contributed by atoms with Gasteiger partial charge in [-0.15, -0.1) is 0 Å². The summed E-state index contributed by atoms with van der Waals surface area (Å²) in [5, 5.41) is 1.00. The first-order chi connectivity index (χ1) is 8.88. The number of rotatable bonds is 2. The molecule has 0 N–H and O–H groups in total. The van der Waals surface area contributed by atoms with E-state index in [1.807, 2.05) is 48.5 Å². The monoisotopic (exact) mass is 236 g/mol. The Morgan fingerprint density at radius 1 is 0.944 bits per heavy atom. The summed E-state index contributed by atoms with van der Waals surface area (Å²) in [4.78, 5) is 8.66. The Morgan fingerprint density at radius 3 is 2.56 bits per heavy atom. The van der Waals surface area contributed by atoms with Gasteiger partial charge in [-0.3, -0.25) is 0 Å². The molecule has 0 unspecified atom stereocenters. The van der Waals surface area contributed by atoms with Crippen molar-refractivity contribution in [3.63, 3.8) is 0 Å². The summed E-state index contributed by atoms with van der Waals surface area (Å²) < 4.78 is 5.26. The van der Waals surface area contributed by atoms with Crippen LogP contribution in [0.2, 0.25) is 0 Å². The average molecular weight is 236 g/mol. The van der Waals surface area contributed by atoms with Gasteiger partial charge in [-0.2, -0.15) is 0 Å². The fourth-order valence-corrected chi connectivity index (χ4v) is 1.99. The van der Waals surface area contributed by atoms with Crippen LogP contribution in [0.25, 0.3) is 22.2 Å². The van der Waals surface area contributed by atoms with E-state index < -0.39 is 0 Å². The number of fused-ring (bicyclic) bond motifs is 1. The highest BCUT2D eigenvalue weighted by Crippen LogP contribution is 2.27. The molecule has 0 radical (unpaired) electrons. The molecular weight excluding hydrogens is 224 g/mol. The van der Waals surface area contributed by atoms with Gasteiger partial charge >= 0.3 is 0 Å². The van der Waals surface area contributed by atoms with E-state index in [4.69, 9.17) is 4.74 Å². The highest BCUT2D eigenvalue weighted by Gasteiger charge is 2.06. The minimum Gasteiger partial charge on any atom is -0.497 e. The number of hydrogen-bond donors (Lipinski definition) is 0. The molecule has 88 valence electrons. The third-order valence-corrected chi connectivity index (χ3v) is 2.89. The Hall–Kier alpha value is -2.42. The quantitative estimate of drug-likeness (QED) is 0.684. The van der Waals surface area contributed by atoms with Crippen molar-refractivity contribution in [2.24, 2.45) is 0 Å². The van der Waals surface area contributed by atoms with E-state index in [-0.39, 0.29) is 0 Å². The fourth-order valence-electron chi connectivity index (χ4n) is 1.99. The Labute approximate surface area is 105 Å². The number of aromatic nitrogens is 2. The molecule has 1 aromatic heterocycles. The molecule has 0 bridgehead atoms. The van der Waals surface area contributed by atoms with Gasteiger partial charge in [-0.25, -0.2) is 9.97 Å². The smallest absolute Gasteiger partial charge is 0.119 e. The zero-order valence-corrected chi connectivity index (χ0v) is 10.00. The van der Waals surface area contributed by atoms with Gasteiger partial charge in [0.15, 0.2) is 0 Å². The van der Waals surface area contributed by atoms with Crippen molar-refractivity contribution < 1.29 is 4.74 Å². The van der Waals surface area contributed by atoms with Gasteiger partial charge in [0, 0.05) is 10.9 Å². The van der Waals surface area contributed by atoms with Gasteiger partial charge in [0.05, 0.1) is 18.3 Å². The van der Waals surface area contributed by atoms with Crippen molar-refractivity contribution in [3.05, 3.63) is 54.9 Å². The second-order valence-corrected chi connectivity index (χ2v) is 3.97. The van der Waals surface area contributed by atoms with Crippen molar-refractivity contribution in [2.45, 2.75) is 0 Å². The van der Waals surface area contributed by atoms with Crippen molar-refractivity contribution in [1.82, 2.24) is 9.97 Å². The van der Waals surface area contributed by atoms with Crippen molar-refractivity contribution in [1.29, 1.82) is 0 Å². The van der Waals surface area contributed by atoms with Gasteiger partial charge in [0.25, 0.3) is 0 Å². The summed E-state index contributed by atoms with van der Waals surface area (Å²) in [7, 11) is 1.66. The van der Waals surface area contributed by atoms with Gasteiger partial charge in [0.1, 0.15) is 12.1 Å². The maximum absolute atomic E-state index is 5.26. The first kappa shape index (κ1) is 10.7. The maximum atomic E-state index is 5.26. The summed E-state index contributed by atoms with van der Waals surface area (Å²) in [5.41, 5.74) is 2.93. The van der Waals surface area contributed by atoms with Crippen LogP contribution in [-0.4, -0.2) is 17.1 Å². The van der Waals surface area contributed by atoms with Crippen LogP contribution in [0, 0.1) is 0 Å². The molecule has 0 aliphatic rings. The number of benzene rings is 2. The van der Waals surface area contributed by atoms with Crippen LogP contribution in [0.3, 0.4) is 0 Å². The third-order valence-electron chi connectivity index (χ3n) is 2.89. The largest absolute Gasteiger partial charge is 0.497 e. The first-order valence-electron chi connectivity index (χ1n) is 5.72. The highest BCUT2D eigenvalue weighted by atomic mass is 16.5. The number of nitrogens with zero attached hydrogens (tertiary/aromatic N) is 2. The van der Waals surface area contributed by atoms with E-state index in [2.05, 4.69) is 9.97 Å². The minimum absolute atomic E-state index is 0.814. The van der Waals surface area contributed by atoms with Crippen LogP contribution >= 0.6 is 0 Å². The van der Waals surface area contributed by atoms with Crippen LogP contribution < -0.4 is 4.74 Å². The molecule has 18 heavy (non-hydrogen) atoms. The minimum atomic E-state index is 0.814. The van der Waals surface area contributed by atoms with Crippen molar-refractivity contribution >= 4 is 10.9 Å². The van der Waals surface area contributed by atoms with Crippen molar-refractivity contribution in [3.8, 4) is 17.0 Å². The first-order valence-corrected chi connectivity index (χ1v) is 5.72. The van der Waals surface area contributed by atoms with E-state index in [9.17, 15) is 0 Å². The predicted molar refractivity (Wildman–Crippen MR) is 71.5 cm³/mol. The van der Waals surface area contributed by atoms with Gasteiger partial charge in [-0.05, 0) is 18.2 Å². The third kappa shape index (κ3) is 1.80. The van der Waals surface area contributed by atoms with Gasteiger partial charge in [0.2, 0.25) is 0 Å². The standard InChI is InChI=1S/C15H12N2O/c1-18-12-7-8-14-13(9-12)15(17-10-16-14)11-5-3-2-4-6-11/h2-10H,1H3. The lowest BCUT2D eigenvalue weighted by molar-refractivity contribution is 0.415. The molecule has 0 fully saturated rings. The molecule has 3 heteroatoms. The Balaban J connectivity index is 2.29. The van der Waals surface area contributed by atoms with Crippen molar-refractivity contribution in [2.75, 3.05) is 7.11 Å². The molecule has 3 rings (SSSR count). The molecule has 0 spiro atoms. The second kappa shape index (κ2) is 4.45. The van der Waals surface area contributed by atoms with E-state index in [0.717, 1.165) is 27.9 Å². The molecule has 0 amide bonds. The molecule has 0 aliphatic heterocycles. The summed E-state index contributed by atoms with van der Waals surface area (Å²) >= 11 is 0. The second-order valence-electron chi connectivity index (χ2n) is 3.97. The van der Waals surface area contributed by atoms with Crippen LogP contribution in [0.4, 0.5) is 0 Å². The Morgan fingerprint density at radius 2 is 1.78 bits per heavy atom. The lowest BCUT2D eigenvalue weighted by Crippen LogP contribution is -1.90. The normalized spacial score (nSPS) is 10.5. The molecule has 0 saturated carbocycles. The number of methoxy groups -OCH3 is 1. The number of ether oxygens (including phenoxy) is 1. The molecule has 2 aromatic carbocycles. The van der Waals surface area contributed by atoms with Crippen LogP contribution in [0.1, 0.15) is 0 Å². The zero-order valence-electron chi connectivity index (χ0n) is 10.00. The number of hydrogen-bond acceptors (Lipinski definition) is 3. The lowest BCUT2D eigenvalue weighted by atomic mass is 10.1. The van der Waals surface area contributed by atoms with Gasteiger partial charge < -0.3 is 4.74 Å². The van der Waals surface area contributed by atoms with Crippen LogP contribution in [0.15, 0.2) is 54.9 Å². The summed E-state index contributed by atoms with van der Waals surface area (Å²) in [6, 6.07) is 15.9. The Kier molecular flexibility index (Phi) is 2.65. The topological polar surface area (TPSA) is 35.0 Å². The zero-order chi connectivity index (χ0) is 12.4. The highest BCUT2D eigenvalue weighted by molar-refractivity contribution is 5.92. The molecule has 0 saturated heterocycles. The Bertz CT molecular complexity index is 680. The molecule has 3 aromatic rings. The van der Waals surface area contributed by atoms with E-state index in [1.165, 1.54) is 0 Å². The maximum Gasteiger partial charge on any atom is 0.119 e. The van der Waals surface area contributed by atoms with Crippen LogP contribution in [-0.2, 0) is 0 Å². The summed E-state index contributed by atoms with van der Waals surface area (Å²) in [6.45, 7) is 0. The van der Waals surface area contributed by atoms with Crippen LogP contribution in [0.5, 0.6) is 5.75 Å². The lowest BCUT2D eigenvalue weighted by Gasteiger charge is -2.06. The molecule has 1 heterocycles. The average Bonchev–Trinajstić information content (AvgIpc) is 2.47.